The van der Waals surface area contributed by atoms with Gasteiger partial charge in [-0.1, -0.05) is 54.6 Å². The molecule has 0 saturated carbocycles. The Balaban J connectivity index is 1.55. The van der Waals surface area contributed by atoms with Gasteiger partial charge in [-0.05, 0) is 59.7 Å². The minimum atomic E-state index is -3.71. The molecule has 0 aliphatic heterocycles. The van der Waals surface area contributed by atoms with Gasteiger partial charge in [0.25, 0.3) is 13.3 Å². The smallest absolute Gasteiger partial charge is 0.258 e. The molecule has 0 fully saturated rings. The van der Waals surface area contributed by atoms with Crippen LogP contribution in [0.1, 0.15) is 10.4 Å². The molecule has 0 aliphatic rings. The number of hydrogen-bond acceptors (Lipinski definition) is 3. The van der Waals surface area contributed by atoms with Gasteiger partial charge in [0.05, 0.1) is 11.4 Å². The van der Waals surface area contributed by atoms with Crippen LogP contribution in [0.3, 0.4) is 0 Å². The van der Waals surface area contributed by atoms with Crippen LogP contribution >= 0.6 is 7.37 Å². The van der Waals surface area contributed by atoms with E-state index in [-0.39, 0.29) is 11.2 Å². The lowest BCUT2D eigenvalue weighted by atomic mass is 10.0. The van der Waals surface area contributed by atoms with Crippen LogP contribution in [0.4, 0.5) is 11.4 Å². The zero-order valence-electron chi connectivity index (χ0n) is 16.6. The summed E-state index contributed by atoms with van der Waals surface area (Å²) in [6, 6.07) is 29.8. The fourth-order valence-corrected chi connectivity index (χ4v) is 4.69. The minimum Gasteiger partial charge on any atom is -0.397 e. The summed E-state index contributed by atoms with van der Waals surface area (Å²) in [5.74, 6) is -0.351. The molecule has 1 unspecified atom stereocenters. The third-order valence-corrected chi connectivity index (χ3v) is 6.99. The van der Waals surface area contributed by atoms with Crippen molar-refractivity contribution in [1.82, 2.24) is 0 Å². The predicted molar refractivity (Wildman–Crippen MR) is 126 cm³/mol. The first-order valence-corrected chi connectivity index (χ1v) is 11.4. The lowest BCUT2D eigenvalue weighted by Gasteiger charge is -2.13. The third kappa shape index (κ3) is 4.43. The lowest BCUT2D eigenvalue weighted by molar-refractivity contribution is 0.102. The molecular formula is C25H21N2O3P. The number of carbonyl (C=O) groups is 1. The molecule has 4 aromatic carbocycles. The summed E-state index contributed by atoms with van der Waals surface area (Å²) in [6.07, 6.45) is 0. The Morgan fingerprint density at radius 1 is 0.742 bits per heavy atom. The van der Waals surface area contributed by atoms with Crippen LogP contribution in [-0.4, -0.2) is 10.8 Å². The minimum absolute atomic E-state index is 0.265. The first-order chi connectivity index (χ1) is 14.9. The highest BCUT2D eigenvalue weighted by Gasteiger charge is 2.24. The van der Waals surface area contributed by atoms with Crippen molar-refractivity contribution in [3.63, 3.8) is 0 Å². The van der Waals surface area contributed by atoms with Crippen molar-refractivity contribution in [3.8, 4) is 11.1 Å². The largest absolute Gasteiger partial charge is 0.397 e. The number of nitrogens with one attached hydrogen (secondary N) is 1. The molecule has 4 aromatic rings. The van der Waals surface area contributed by atoms with Crippen LogP contribution in [0.2, 0.25) is 0 Å². The maximum atomic E-state index is 12.8. The molecule has 4 rings (SSSR count). The van der Waals surface area contributed by atoms with E-state index < -0.39 is 7.37 Å². The van der Waals surface area contributed by atoms with Gasteiger partial charge in [0.15, 0.2) is 0 Å². The topological polar surface area (TPSA) is 92.4 Å². The zero-order valence-corrected chi connectivity index (χ0v) is 17.5. The second-order valence-electron chi connectivity index (χ2n) is 7.08. The molecule has 0 bridgehead atoms. The highest BCUT2D eigenvalue weighted by Crippen LogP contribution is 2.37. The van der Waals surface area contributed by atoms with Crippen molar-refractivity contribution in [2.24, 2.45) is 0 Å². The fourth-order valence-electron chi connectivity index (χ4n) is 3.26. The Bertz CT molecular complexity index is 1260. The number of nitrogen functional groups attached to an aromatic ring is 1. The van der Waals surface area contributed by atoms with Crippen molar-refractivity contribution in [2.45, 2.75) is 0 Å². The highest BCUT2D eigenvalue weighted by atomic mass is 31.2. The molecule has 0 saturated heterocycles. The van der Waals surface area contributed by atoms with Gasteiger partial charge >= 0.3 is 0 Å². The molecule has 0 aromatic heterocycles. The monoisotopic (exact) mass is 428 g/mol. The van der Waals surface area contributed by atoms with E-state index in [9.17, 15) is 14.3 Å². The van der Waals surface area contributed by atoms with E-state index in [0.29, 0.717) is 22.2 Å². The van der Waals surface area contributed by atoms with Gasteiger partial charge in [-0.25, -0.2) is 0 Å². The van der Waals surface area contributed by atoms with Crippen molar-refractivity contribution in [2.75, 3.05) is 11.1 Å². The van der Waals surface area contributed by atoms with Gasteiger partial charge in [0.2, 0.25) is 0 Å². The molecule has 0 heterocycles. The van der Waals surface area contributed by atoms with Crippen LogP contribution in [0, 0.1) is 0 Å². The molecule has 0 spiro atoms. The highest BCUT2D eigenvalue weighted by molar-refractivity contribution is 7.73. The maximum Gasteiger partial charge on any atom is 0.258 e. The molecule has 6 heteroatoms. The van der Waals surface area contributed by atoms with Gasteiger partial charge in [-0.2, -0.15) is 0 Å². The van der Waals surface area contributed by atoms with E-state index in [4.69, 9.17) is 5.73 Å². The van der Waals surface area contributed by atoms with Crippen LogP contribution in [0.15, 0.2) is 103 Å². The number of hydrogen-bond donors (Lipinski definition) is 3. The van der Waals surface area contributed by atoms with Crippen molar-refractivity contribution in [3.05, 3.63) is 109 Å². The summed E-state index contributed by atoms with van der Waals surface area (Å²) in [7, 11) is -3.71. The van der Waals surface area contributed by atoms with Crippen molar-refractivity contribution < 1.29 is 14.3 Å². The Kier molecular flexibility index (Phi) is 5.72. The van der Waals surface area contributed by atoms with Crippen LogP contribution < -0.4 is 21.7 Å². The number of carbonyl (C=O) groups excluding carboxylic acids is 1. The SMILES string of the molecule is Nc1ccc(-c2ccccc2)cc1NC(=O)c1ccc(P(=O)(O)c2ccccc2)cc1. The fraction of sp³-hybridized carbons (Fsp3) is 0. The predicted octanol–water partition coefficient (Wildman–Crippen LogP) is 4.41. The molecule has 1 amide bonds. The third-order valence-electron chi connectivity index (χ3n) is 4.99. The van der Waals surface area contributed by atoms with E-state index in [2.05, 4.69) is 5.32 Å². The van der Waals surface area contributed by atoms with Gasteiger partial charge in [-0.15, -0.1) is 0 Å². The standard InChI is InChI=1S/C25H21N2O3P/c26-23-16-13-20(18-7-3-1-4-8-18)17-24(23)27-25(28)19-11-14-22(15-12-19)31(29,30)21-9-5-2-6-10-21/h1-17H,26H2,(H,27,28)(H,29,30). The number of nitrogens with two attached hydrogens (primary N) is 1. The van der Waals surface area contributed by atoms with E-state index >= 15 is 0 Å². The normalized spacial score (nSPS) is 12.7. The van der Waals surface area contributed by atoms with Crippen molar-refractivity contribution in [1.29, 1.82) is 0 Å². The summed E-state index contributed by atoms with van der Waals surface area (Å²) in [6.45, 7) is 0. The number of anilines is 2. The molecule has 0 radical (unpaired) electrons. The van der Waals surface area contributed by atoms with Crippen LogP contribution in [0.25, 0.3) is 11.1 Å². The molecule has 0 aliphatic carbocycles. The second-order valence-corrected chi connectivity index (χ2v) is 9.27. The summed E-state index contributed by atoms with van der Waals surface area (Å²) in [4.78, 5) is 23.3. The van der Waals surface area contributed by atoms with E-state index in [1.165, 1.54) is 24.3 Å². The summed E-state index contributed by atoms with van der Waals surface area (Å²) < 4.78 is 12.8. The average molecular weight is 428 g/mol. The maximum absolute atomic E-state index is 12.8. The Labute approximate surface area is 180 Å². The second kappa shape index (κ2) is 8.60. The van der Waals surface area contributed by atoms with E-state index in [1.807, 2.05) is 42.5 Å². The van der Waals surface area contributed by atoms with E-state index in [1.54, 1.807) is 36.4 Å². The molecular weight excluding hydrogens is 407 g/mol. The van der Waals surface area contributed by atoms with Crippen molar-refractivity contribution >= 4 is 35.3 Å². The molecule has 1 atom stereocenters. The van der Waals surface area contributed by atoms with Gasteiger partial charge in [-0.3, -0.25) is 9.36 Å². The first kappa shape index (κ1) is 20.6. The quantitative estimate of drug-likeness (QED) is 0.324. The van der Waals surface area contributed by atoms with Gasteiger partial charge in [0.1, 0.15) is 0 Å². The molecule has 154 valence electrons. The Morgan fingerprint density at radius 3 is 1.97 bits per heavy atom. The summed E-state index contributed by atoms with van der Waals surface area (Å²) in [5, 5.41) is 3.44. The number of rotatable bonds is 5. The molecule has 4 N–H and O–H groups in total. The van der Waals surface area contributed by atoms with Crippen LogP contribution in [0.5, 0.6) is 0 Å². The molecule has 5 nitrogen and oxygen atoms in total. The first-order valence-electron chi connectivity index (χ1n) is 9.70. The van der Waals surface area contributed by atoms with Crippen LogP contribution in [-0.2, 0) is 4.57 Å². The summed E-state index contributed by atoms with van der Waals surface area (Å²) in [5.41, 5.74) is 9.33. The summed E-state index contributed by atoms with van der Waals surface area (Å²) >= 11 is 0. The lowest BCUT2D eigenvalue weighted by Crippen LogP contribution is -2.17. The Morgan fingerprint density at radius 2 is 1.32 bits per heavy atom. The average Bonchev–Trinajstić information content (AvgIpc) is 2.81. The zero-order chi connectivity index (χ0) is 21.8. The van der Waals surface area contributed by atoms with Gasteiger partial charge < -0.3 is 15.9 Å². The number of benzene rings is 4. The van der Waals surface area contributed by atoms with E-state index in [0.717, 1.165) is 11.1 Å². The number of amides is 1. The van der Waals surface area contributed by atoms with Gasteiger partial charge in [0, 0.05) is 16.2 Å². The molecule has 31 heavy (non-hydrogen) atoms. The Hall–Kier alpha value is -3.66.